The number of rotatable bonds is 4. The molecule has 2 rings (SSSR count). The molecule has 1 heterocycles. The lowest BCUT2D eigenvalue weighted by molar-refractivity contribution is 0.0926. The first kappa shape index (κ1) is 13.7. The number of Topliss-reactive ketones (excluding diaryl/α,β-unsaturated/α-hetero) is 1. The molecule has 2 nitrogen and oxygen atoms in total. The normalized spacial score (nSPS) is 10.4. The maximum Gasteiger partial charge on any atom is 0.210 e. The first-order valence-corrected chi connectivity index (χ1v) is 6.93. The molecule has 18 heavy (non-hydrogen) atoms. The minimum atomic E-state index is -0.118. The molecule has 0 unspecified atom stereocenters. The van der Waals surface area contributed by atoms with Crippen LogP contribution < -0.4 is 4.74 Å². The topological polar surface area (TPSA) is 26.3 Å². The number of ether oxygens (including phenoxy) is 1. The Bertz CT molecular complexity index is 544. The summed E-state index contributed by atoms with van der Waals surface area (Å²) < 4.78 is 5.34. The van der Waals surface area contributed by atoms with E-state index in [1.165, 1.54) is 23.5 Å². The standard InChI is InChI=1S/C12H7Cl3O2S/c13-7-4-8(14)12(9(15)5-7)17-6-10(16)11-2-1-3-18-11/h1-5H,6H2. The lowest BCUT2D eigenvalue weighted by Gasteiger charge is -2.09. The summed E-state index contributed by atoms with van der Waals surface area (Å²) in [5.74, 6) is 0.153. The van der Waals surface area contributed by atoms with Gasteiger partial charge in [0.25, 0.3) is 0 Å². The van der Waals surface area contributed by atoms with Crippen LogP contribution in [0.2, 0.25) is 15.1 Å². The number of thiophene rings is 1. The monoisotopic (exact) mass is 320 g/mol. The van der Waals surface area contributed by atoms with Crippen LogP contribution in [0, 0.1) is 0 Å². The summed E-state index contributed by atoms with van der Waals surface area (Å²) in [4.78, 5) is 12.4. The van der Waals surface area contributed by atoms with Crippen molar-refractivity contribution in [3.8, 4) is 5.75 Å². The highest BCUT2D eigenvalue weighted by Gasteiger charge is 2.13. The molecule has 0 N–H and O–H groups in total. The highest BCUT2D eigenvalue weighted by Crippen LogP contribution is 2.35. The van der Waals surface area contributed by atoms with Gasteiger partial charge in [-0.15, -0.1) is 11.3 Å². The maximum atomic E-state index is 11.7. The largest absolute Gasteiger partial charge is 0.482 e. The van der Waals surface area contributed by atoms with Crippen LogP contribution in [0.5, 0.6) is 5.75 Å². The Hall–Kier alpha value is -0.740. The van der Waals surface area contributed by atoms with Crippen LogP contribution in [0.1, 0.15) is 9.67 Å². The quantitative estimate of drug-likeness (QED) is 0.743. The SMILES string of the molecule is O=C(COc1c(Cl)cc(Cl)cc1Cl)c1cccs1. The third-order valence-electron chi connectivity index (χ3n) is 2.11. The summed E-state index contributed by atoms with van der Waals surface area (Å²) in [6.45, 7) is -0.110. The average Bonchev–Trinajstić information content (AvgIpc) is 2.80. The van der Waals surface area contributed by atoms with Gasteiger partial charge in [-0.25, -0.2) is 0 Å². The van der Waals surface area contributed by atoms with Crippen LogP contribution >= 0.6 is 46.1 Å². The Balaban J connectivity index is 2.09. The van der Waals surface area contributed by atoms with Gasteiger partial charge in [0.15, 0.2) is 12.4 Å². The smallest absolute Gasteiger partial charge is 0.210 e. The predicted octanol–water partition coefficient (Wildman–Crippen LogP) is 4.97. The zero-order valence-corrected chi connectivity index (χ0v) is 12.0. The van der Waals surface area contributed by atoms with Crippen molar-refractivity contribution in [1.82, 2.24) is 0 Å². The number of carbonyl (C=O) groups excluding carboxylic acids is 1. The summed E-state index contributed by atoms with van der Waals surface area (Å²) in [6, 6.07) is 6.57. The zero-order valence-electron chi connectivity index (χ0n) is 8.95. The molecule has 6 heteroatoms. The number of halogens is 3. The summed E-state index contributed by atoms with van der Waals surface area (Å²) in [5.41, 5.74) is 0. The second-order valence-corrected chi connectivity index (χ2v) is 5.59. The summed E-state index contributed by atoms with van der Waals surface area (Å²) in [7, 11) is 0. The van der Waals surface area contributed by atoms with Crippen LogP contribution in [0.25, 0.3) is 0 Å². The molecule has 94 valence electrons. The second-order valence-electron chi connectivity index (χ2n) is 3.39. The van der Waals surface area contributed by atoms with Gasteiger partial charge in [-0.3, -0.25) is 4.79 Å². The highest BCUT2D eigenvalue weighted by atomic mass is 35.5. The minimum absolute atomic E-state index is 0.110. The van der Waals surface area contributed by atoms with Crippen molar-refractivity contribution in [2.45, 2.75) is 0 Å². The number of carbonyl (C=O) groups is 1. The molecule has 1 aromatic carbocycles. The van der Waals surface area contributed by atoms with Crippen molar-refractivity contribution in [2.24, 2.45) is 0 Å². The van der Waals surface area contributed by atoms with Crippen LogP contribution in [0.4, 0.5) is 0 Å². The molecule has 0 aliphatic heterocycles. The molecule has 0 fully saturated rings. The Labute approximate surface area is 123 Å². The first-order valence-electron chi connectivity index (χ1n) is 4.92. The third-order valence-corrected chi connectivity index (χ3v) is 3.80. The van der Waals surface area contributed by atoms with Crippen molar-refractivity contribution < 1.29 is 9.53 Å². The summed E-state index contributed by atoms with van der Waals surface area (Å²) >= 11 is 19.0. The van der Waals surface area contributed by atoms with Crippen LogP contribution in [-0.4, -0.2) is 12.4 Å². The number of benzene rings is 1. The van der Waals surface area contributed by atoms with E-state index in [0.717, 1.165) is 0 Å². The molecule has 0 amide bonds. The van der Waals surface area contributed by atoms with Crippen molar-refractivity contribution in [2.75, 3.05) is 6.61 Å². The fourth-order valence-corrected chi connectivity index (χ4v) is 2.89. The maximum absolute atomic E-state index is 11.7. The Morgan fingerprint density at radius 2 is 1.89 bits per heavy atom. The molecule has 0 atom stereocenters. The number of hydrogen-bond acceptors (Lipinski definition) is 3. The Morgan fingerprint density at radius 1 is 1.22 bits per heavy atom. The van der Waals surface area contributed by atoms with E-state index in [1.807, 2.05) is 5.38 Å². The van der Waals surface area contributed by atoms with Gasteiger partial charge in [-0.05, 0) is 23.6 Å². The van der Waals surface area contributed by atoms with E-state index >= 15 is 0 Å². The molecule has 0 saturated carbocycles. The zero-order chi connectivity index (χ0) is 13.1. The fourth-order valence-electron chi connectivity index (χ4n) is 1.31. The van der Waals surface area contributed by atoms with Crippen LogP contribution in [0.15, 0.2) is 29.6 Å². The average molecular weight is 322 g/mol. The van der Waals surface area contributed by atoms with Gasteiger partial charge in [-0.2, -0.15) is 0 Å². The van der Waals surface area contributed by atoms with Gasteiger partial charge in [0, 0.05) is 5.02 Å². The van der Waals surface area contributed by atoms with Gasteiger partial charge >= 0.3 is 0 Å². The molecule has 1 aromatic heterocycles. The number of hydrogen-bond donors (Lipinski definition) is 0. The predicted molar refractivity (Wildman–Crippen MR) is 75.6 cm³/mol. The van der Waals surface area contributed by atoms with Gasteiger partial charge in [0.1, 0.15) is 0 Å². The van der Waals surface area contributed by atoms with E-state index in [9.17, 15) is 4.79 Å². The second kappa shape index (κ2) is 5.93. The molecular weight excluding hydrogens is 315 g/mol. The van der Waals surface area contributed by atoms with Crippen molar-refractivity contribution in [3.63, 3.8) is 0 Å². The Kier molecular flexibility index (Phi) is 4.51. The fraction of sp³-hybridized carbons (Fsp3) is 0.0833. The highest BCUT2D eigenvalue weighted by molar-refractivity contribution is 7.12. The van der Waals surface area contributed by atoms with E-state index in [4.69, 9.17) is 39.5 Å². The van der Waals surface area contributed by atoms with E-state index in [-0.39, 0.29) is 28.2 Å². The van der Waals surface area contributed by atoms with E-state index in [0.29, 0.717) is 9.90 Å². The summed E-state index contributed by atoms with van der Waals surface area (Å²) in [5, 5.41) is 2.81. The minimum Gasteiger partial charge on any atom is -0.482 e. The van der Waals surface area contributed by atoms with Gasteiger partial charge in [0.05, 0.1) is 14.9 Å². The molecule has 0 saturated heterocycles. The van der Waals surface area contributed by atoms with E-state index < -0.39 is 0 Å². The van der Waals surface area contributed by atoms with Gasteiger partial charge in [-0.1, -0.05) is 40.9 Å². The molecular formula is C12H7Cl3O2S. The van der Waals surface area contributed by atoms with Crippen LogP contribution in [0.3, 0.4) is 0 Å². The summed E-state index contributed by atoms with van der Waals surface area (Å²) in [6.07, 6.45) is 0. The van der Waals surface area contributed by atoms with Crippen LogP contribution in [-0.2, 0) is 0 Å². The first-order chi connectivity index (χ1) is 8.58. The molecule has 0 bridgehead atoms. The lowest BCUT2D eigenvalue weighted by Crippen LogP contribution is -2.10. The van der Waals surface area contributed by atoms with Crippen molar-refractivity contribution in [3.05, 3.63) is 49.6 Å². The molecule has 2 aromatic rings. The molecule has 0 radical (unpaired) electrons. The van der Waals surface area contributed by atoms with E-state index in [2.05, 4.69) is 0 Å². The van der Waals surface area contributed by atoms with Gasteiger partial charge in [0.2, 0.25) is 5.78 Å². The lowest BCUT2D eigenvalue weighted by atomic mass is 10.3. The third kappa shape index (κ3) is 3.18. The molecule has 0 aliphatic rings. The number of ketones is 1. The van der Waals surface area contributed by atoms with Gasteiger partial charge < -0.3 is 4.74 Å². The Morgan fingerprint density at radius 3 is 2.44 bits per heavy atom. The molecule has 0 aliphatic carbocycles. The molecule has 0 spiro atoms. The van der Waals surface area contributed by atoms with E-state index in [1.54, 1.807) is 12.1 Å². The van der Waals surface area contributed by atoms with Crippen molar-refractivity contribution in [1.29, 1.82) is 0 Å². The van der Waals surface area contributed by atoms with Crippen molar-refractivity contribution >= 4 is 51.9 Å².